The molecule has 0 radical (unpaired) electrons. The number of aromatic nitrogens is 4. The number of hydrogen-bond acceptors (Lipinski definition) is 8. The summed E-state index contributed by atoms with van der Waals surface area (Å²) < 4.78 is 159. The molecule has 0 spiro atoms. The van der Waals surface area contributed by atoms with E-state index in [-0.39, 0.29) is 44.2 Å². The molecule has 2 aromatic heterocycles. The Morgan fingerprint density at radius 2 is 1.65 bits per heavy atom. The Balaban J connectivity index is 1.34. The lowest BCUT2D eigenvalue weighted by molar-refractivity contribution is -0.122. The lowest BCUT2D eigenvalue weighted by Gasteiger charge is -2.40. The smallest absolute Gasteiger partial charge is 0.282 e. The number of rotatable bonds is 14. The maximum atomic E-state index is 15.1. The zero-order valence-electron chi connectivity index (χ0n) is 33.5. The summed E-state index contributed by atoms with van der Waals surface area (Å²) in [5.74, 6) is -4.84. The van der Waals surface area contributed by atoms with Crippen LogP contribution in [-0.2, 0) is 27.8 Å². The normalized spacial score (nSPS) is 19.1. The number of hydrazone groups is 1. The van der Waals surface area contributed by atoms with Gasteiger partial charge in [-0.3, -0.25) is 28.6 Å². The number of amidine groups is 1. The predicted octanol–water partition coefficient (Wildman–Crippen LogP) is 7.98. The summed E-state index contributed by atoms with van der Waals surface area (Å²) in [5, 5.41) is 9.98. The molecular formula is C42H34ClF9N8O4S. The molecule has 1 aliphatic heterocycles. The molecule has 3 aromatic carbocycles. The van der Waals surface area contributed by atoms with Gasteiger partial charge in [-0.1, -0.05) is 35.9 Å². The van der Waals surface area contributed by atoms with Crippen LogP contribution >= 0.6 is 11.6 Å². The number of benzene rings is 3. The van der Waals surface area contributed by atoms with E-state index in [4.69, 9.17) is 16.6 Å². The molecule has 0 saturated heterocycles. The minimum atomic E-state index is -4.11. The van der Waals surface area contributed by atoms with E-state index in [2.05, 4.69) is 20.2 Å². The molecule has 342 valence electrons. The number of nitrogens with one attached hydrogen (secondary N) is 2. The van der Waals surface area contributed by atoms with Crippen LogP contribution in [0.15, 0.2) is 93.8 Å². The molecule has 12 nitrogen and oxygen atoms in total. The van der Waals surface area contributed by atoms with Gasteiger partial charge in [-0.05, 0) is 79.4 Å². The molecule has 65 heavy (non-hydrogen) atoms. The topological polar surface area (TPSA) is 144 Å². The van der Waals surface area contributed by atoms with E-state index in [9.17, 15) is 48.3 Å². The van der Waals surface area contributed by atoms with Gasteiger partial charge in [0.15, 0.2) is 0 Å². The highest BCUT2D eigenvalue weighted by molar-refractivity contribution is 7.91. The maximum absolute atomic E-state index is 15.1. The van der Waals surface area contributed by atoms with Gasteiger partial charge in [0.05, 0.1) is 39.9 Å². The molecule has 1 amide bonds. The summed E-state index contributed by atoms with van der Waals surface area (Å²) in [6.07, 6.45) is -7.25. The second-order valence-electron chi connectivity index (χ2n) is 15.7. The Morgan fingerprint density at radius 3 is 2.29 bits per heavy atom. The third-order valence-electron chi connectivity index (χ3n) is 11.2. The molecule has 2 aliphatic carbocycles. The number of halogens is 10. The number of amides is 1. The maximum Gasteiger partial charge on any atom is 0.282 e. The summed E-state index contributed by atoms with van der Waals surface area (Å²) in [4.78, 5) is 33.8. The number of fused-ring (bicyclic) bond motifs is 2. The molecule has 2 N–H and O–H groups in total. The fourth-order valence-corrected chi connectivity index (χ4v) is 9.70. The molecule has 5 aromatic rings. The van der Waals surface area contributed by atoms with Crippen molar-refractivity contribution in [1.82, 2.24) is 34.4 Å². The minimum Gasteiger partial charge on any atom is -0.344 e. The Hall–Kier alpha value is -6.16. The number of alkyl halides is 6. The quantitative estimate of drug-likeness (QED) is 0.108. The predicted molar refractivity (Wildman–Crippen MR) is 220 cm³/mol. The van der Waals surface area contributed by atoms with Gasteiger partial charge in [0.2, 0.25) is 15.9 Å². The van der Waals surface area contributed by atoms with Gasteiger partial charge >= 0.3 is 0 Å². The molecule has 0 bridgehead atoms. The zero-order valence-corrected chi connectivity index (χ0v) is 35.1. The number of nitrogens with zero attached hydrogens (tertiary/aromatic N) is 6. The van der Waals surface area contributed by atoms with Crippen molar-refractivity contribution in [2.24, 2.45) is 10.5 Å². The number of hydrogen-bond donors (Lipinski definition) is 2. The van der Waals surface area contributed by atoms with E-state index in [1.54, 1.807) is 6.07 Å². The monoisotopic (exact) mass is 952 g/mol. The van der Waals surface area contributed by atoms with Crippen LogP contribution in [0.1, 0.15) is 61.4 Å². The molecule has 3 heterocycles. The van der Waals surface area contributed by atoms with E-state index in [1.807, 2.05) is 0 Å². The van der Waals surface area contributed by atoms with Gasteiger partial charge in [-0.25, -0.2) is 52.9 Å². The first-order valence-electron chi connectivity index (χ1n) is 19.7. The fourth-order valence-electron chi connectivity index (χ4n) is 8.00. The highest BCUT2D eigenvalue weighted by Gasteiger charge is 2.56. The van der Waals surface area contributed by atoms with Crippen molar-refractivity contribution in [2.45, 2.75) is 69.3 Å². The van der Waals surface area contributed by atoms with Crippen LogP contribution in [0.5, 0.6) is 0 Å². The Morgan fingerprint density at radius 1 is 0.938 bits per heavy atom. The van der Waals surface area contributed by atoms with Crippen molar-refractivity contribution in [1.29, 1.82) is 0 Å². The van der Waals surface area contributed by atoms with Crippen LogP contribution in [0.3, 0.4) is 0 Å². The summed E-state index contributed by atoms with van der Waals surface area (Å²) in [6, 6.07) is 9.12. The van der Waals surface area contributed by atoms with Crippen molar-refractivity contribution in [3.63, 3.8) is 0 Å². The van der Waals surface area contributed by atoms with Crippen molar-refractivity contribution in [3.05, 3.63) is 134 Å². The van der Waals surface area contributed by atoms with Gasteiger partial charge in [0.25, 0.3) is 24.8 Å². The van der Waals surface area contributed by atoms with Gasteiger partial charge in [-0.15, -0.1) is 0 Å². The lowest BCUT2D eigenvalue weighted by atomic mass is 9.76. The molecular weight excluding hydrogens is 919 g/mol. The van der Waals surface area contributed by atoms with Gasteiger partial charge in [-0.2, -0.15) is 10.2 Å². The zero-order chi connectivity index (χ0) is 46.7. The van der Waals surface area contributed by atoms with Crippen LogP contribution in [-0.4, -0.2) is 68.8 Å². The van der Waals surface area contributed by atoms with Crippen LogP contribution in [0, 0.1) is 22.9 Å². The Labute approximate surface area is 368 Å². The van der Waals surface area contributed by atoms with E-state index in [1.165, 1.54) is 55.5 Å². The van der Waals surface area contributed by atoms with Crippen LogP contribution in [0.4, 0.5) is 39.5 Å². The Bertz CT molecular complexity index is 2970. The largest absolute Gasteiger partial charge is 0.344 e. The highest BCUT2D eigenvalue weighted by atomic mass is 35.5. The second-order valence-corrected chi connectivity index (χ2v) is 18.1. The summed E-state index contributed by atoms with van der Waals surface area (Å²) in [5.41, 5.74) is -5.10. The number of allylic oxidation sites excluding steroid dienone is 2. The Kier molecular flexibility index (Phi) is 12.1. The molecule has 3 aliphatic rings. The average molecular weight is 953 g/mol. The highest BCUT2D eigenvalue weighted by Crippen LogP contribution is 2.49. The number of carbonyl (C=O) groups is 1. The van der Waals surface area contributed by atoms with Gasteiger partial charge in [0.1, 0.15) is 53.1 Å². The molecule has 1 fully saturated rings. The van der Waals surface area contributed by atoms with Crippen molar-refractivity contribution >= 4 is 50.0 Å². The standard InChI is InChI=1S/C42H34ClF9N8O4S/c1-42-33(43)11-10-31(36(42)59(18-34(47)48)56-41(42)57-65(63,64)24-7-8-24)60-39(54-28-15-21(6-9-26(28)40(60)62)25-4-2-3-5-27(25)46)30(14-20-12-22(44)16-23(45)13-20)53-35(61)19-58-32(38(51)52)17-29(55-58)37(49)50/h2-6,9-13,15-17,24,30,34,36-38H,7-8,14,18-19H2,1H3,(H,53,61)(H,56,57)/t30-,36?,42?/m0/s1. The first kappa shape index (κ1) is 45.4. The number of carbonyl (C=O) groups excluding carboxylic acids is 1. The summed E-state index contributed by atoms with van der Waals surface area (Å²) in [7, 11) is -4.11. The third-order valence-corrected chi connectivity index (χ3v) is 13.5. The lowest BCUT2D eigenvalue weighted by Crippen LogP contribution is -2.52. The van der Waals surface area contributed by atoms with Crippen molar-refractivity contribution in [3.8, 4) is 11.1 Å². The third kappa shape index (κ3) is 8.84. The van der Waals surface area contributed by atoms with Crippen molar-refractivity contribution in [2.75, 3.05) is 6.54 Å². The first-order chi connectivity index (χ1) is 30.7. The molecule has 3 atom stereocenters. The van der Waals surface area contributed by atoms with E-state index in [0.717, 1.165) is 21.7 Å². The van der Waals surface area contributed by atoms with Gasteiger partial charge in [0, 0.05) is 23.1 Å². The summed E-state index contributed by atoms with van der Waals surface area (Å²) >= 11 is 6.81. The van der Waals surface area contributed by atoms with Gasteiger partial charge < -0.3 is 5.32 Å². The molecule has 8 rings (SSSR count). The first-order valence-corrected chi connectivity index (χ1v) is 21.6. The van der Waals surface area contributed by atoms with Crippen LogP contribution in [0.2, 0.25) is 0 Å². The average Bonchev–Trinajstić information content (AvgIpc) is 3.95. The fraction of sp³-hybridized carbons (Fsp3) is 0.310. The van der Waals surface area contributed by atoms with Crippen LogP contribution < -0.4 is 15.6 Å². The molecule has 2 unspecified atom stereocenters. The summed E-state index contributed by atoms with van der Waals surface area (Å²) in [6.45, 7) is -0.860. The SMILES string of the molecule is CC12C(Cl)=CC=C(n3c([C@H](Cc4cc(F)cc(F)c4)NC(=O)Cn4nc(C(F)F)cc4C(F)F)nc4cc(-c5ccccc5F)ccc4c3=O)C1N(CC(F)F)N=C2NS(=O)(=O)C1CC1. The molecule has 23 heteroatoms. The minimum absolute atomic E-state index is 0.0803. The van der Waals surface area contributed by atoms with E-state index in [0.29, 0.717) is 29.7 Å². The second kappa shape index (κ2) is 17.3. The van der Waals surface area contributed by atoms with E-state index >= 15 is 9.18 Å². The number of sulfonamides is 1. The molecule has 1 saturated carbocycles. The van der Waals surface area contributed by atoms with Crippen molar-refractivity contribution < 1.29 is 52.7 Å². The van der Waals surface area contributed by atoms with Crippen LogP contribution in [0.25, 0.3) is 27.7 Å². The van der Waals surface area contributed by atoms with E-state index < -0.39 is 118 Å².